The molecule has 1 fully saturated rings. The first-order valence-electron chi connectivity index (χ1n) is 6.01. The van der Waals surface area contributed by atoms with Gasteiger partial charge in [0.05, 0.1) is 12.7 Å². The van der Waals surface area contributed by atoms with Crippen molar-refractivity contribution in [1.82, 2.24) is 5.32 Å². The van der Waals surface area contributed by atoms with Gasteiger partial charge in [-0.1, -0.05) is 6.07 Å². The highest BCUT2D eigenvalue weighted by Gasteiger charge is 2.23. The van der Waals surface area contributed by atoms with Crippen molar-refractivity contribution < 1.29 is 9.53 Å². The van der Waals surface area contributed by atoms with Crippen LogP contribution < -0.4 is 10.1 Å². The van der Waals surface area contributed by atoms with Gasteiger partial charge in [-0.25, -0.2) is 0 Å². The number of carbonyl (C=O) groups excluding carboxylic acids is 1. The van der Waals surface area contributed by atoms with E-state index >= 15 is 0 Å². The van der Waals surface area contributed by atoms with Gasteiger partial charge in [0.25, 0.3) is 0 Å². The van der Waals surface area contributed by atoms with Crippen LogP contribution in [0, 0.1) is 19.8 Å². The molecule has 3 nitrogen and oxygen atoms in total. The van der Waals surface area contributed by atoms with Crippen LogP contribution in [0.25, 0.3) is 0 Å². The lowest BCUT2D eigenvalue weighted by Gasteiger charge is -2.26. The zero-order valence-electron chi connectivity index (χ0n) is 10.7. The van der Waals surface area contributed by atoms with E-state index in [2.05, 4.69) is 5.32 Å². The summed E-state index contributed by atoms with van der Waals surface area (Å²) in [6.45, 7) is 5.90. The van der Waals surface area contributed by atoms with Crippen LogP contribution in [0.15, 0.2) is 12.1 Å². The van der Waals surface area contributed by atoms with E-state index in [1.54, 1.807) is 7.11 Å². The fraction of sp³-hybridized carbons (Fsp3) is 0.500. The number of benzene rings is 1. The molecule has 0 radical (unpaired) electrons. The Hall–Kier alpha value is -1.35. The highest BCUT2D eigenvalue weighted by Crippen LogP contribution is 2.27. The summed E-state index contributed by atoms with van der Waals surface area (Å²) >= 11 is 0. The molecule has 0 aromatic heterocycles. The topological polar surface area (TPSA) is 38.3 Å². The molecule has 1 aromatic rings. The second-order valence-corrected chi connectivity index (χ2v) is 4.81. The lowest BCUT2D eigenvalue weighted by molar-refractivity contribution is 0.0942. The fourth-order valence-electron chi connectivity index (χ4n) is 2.30. The number of methoxy groups -OCH3 is 1. The van der Waals surface area contributed by atoms with E-state index in [0.717, 1.165) is 29.8 Å². The Balaban J connectivity index is 2.26. The van der Waals surface area contributed by atoms with Crippen LogP contribution in [0.3, 0.4) is 0 Å². The molecule has 0 saturated carbocycles. The Morgan fingerprint density at radius 3 is 2.65 bits per heavy atom. The summed E-state index contributed by atoms with van der Waals surface area (Å²) < 4.78 is 5.32. The van der Waals surface area contributed by atoms with Crippen molar-refractivity contribution in [3.63, 3.8) is 0 Å². The van der Waals surface area contributed by atoms with Gasteiger partial charge in [0.1, 0.15) is 5.75 Å². The number of hydrogen-bond donors (Lipinski definition) is 1. The second kappa shape index (κ2) is 4.88. The normalized spacial score (nSPS) is 15.5. The molecule has 1 saturated heterocycles. The first-order valence-corrected chi connectivity index (χ1v) is 6.01. The molecule has 0 bridgehead atoms. The van der Waals surface area contributed by atoms with Crippen molar-refractivity contribution >= 4 is 5.78 Å². The molecule has 3 heteroatoms. The van der Waals surface area contributed by atoms with E-state index in [0.29, 0.717) is 18.1 Å². The molecular weight excluding hydrogens is 214 g/mol. The maximum Gasteiger partial charge on any atom is 0.167 e. The Labute approximate surface area is 102 Å². The number of hydrogen-bond acceptors (Lipinski definition) is 3. The highest BCUT2D eigenvalue weighted by atomic mass is 16.5. The van der Waals surface area contributed by atoms with Crippen LogP contribution in [0.4, 0.5) is 0 Å². The summed E-state index contributed by atoms with van der Waals surface area (Å²) in [4.78, 5) is 12.3. The standard InChI is InChI=1S/C14H19NO2/c1-9-4-10(2)14(13(5-9)17-3)12(16)6-11-7-15-8-11/h4-5,11,15H,6-8H2,1-3H3. The van der Waals surface area contributed by atoms with Crippen LogP contribution in [-0.4, -0.2) is 26.0 Å². The summed E-state index contributed by atoms with van der Waals surface area (Å²) in [6.07, 6.45) is 0.618. The summed E-state index contributed by atoms with van der Waals surface area (Å²) in [5, 5.41) is 3.19. The number of nitrogens with one attached hydrogen (secondary N) is 1. The SMILES string of the molecule is COc1cc(C)cc(C)c1C(=O)CC1CNC1. The molecule has 2 rings (SSSR count). The molecule has 0 amide bonds. The third-order valence-corrected chi connectivity index (χ3v) is 3.28. The number of Topliss-reactive ketones (excluding diaryl/α,β-unsaturated/α-hetero) is 1. The molecule has 92 valence electrons. The number of rotatable bonds is 4. The number of ether oxygens (including phenoxy) is 1. The minimum atomic E-state index is 0.200. The monoisotopic (exact) mass is 233 g/mol. The molecule has 1 aliphatic heterocycles. The van der Waals surface area contributed by atoms with Crippen molar-refractivity contribution in [1.29, 1.82) is 0 Å². The molecule has 1 aliphatic rings. The van der Waals surface area contributed by atoms with Gasteiger partial charge in [0.2, 0.25) is 0 Å². The Morgan fingerprint density at radius 1 is 1.41 bits per heavy atom. The minimum absolute atomic E-state index is 0.200. The second-order valence-electron chi connectivity index (χ2n) is 4.81. The van der Waals surface area contributed by atoms with Crippen LogP contribution >= 0.6 is 0 Å². The molecule has 17 heavy (non-hydrogen) atoms. The van der Waals surface area contributed by atoms with Crippen molar-refractivity contribution in [2.24, 2.45) is 5.92 Å². The zero-order chi connectivity index (χ0) is 12.4. The molecule has 0 aliphatic carbocycles. The van der Waals surface area contributed by atoms with Crippen LogP contribution in [0.5, 0.6) is 5.75 Å². The van der Waals surface area contributed by atoms with Crippen molar-refractivity contribution in [3.8, 4) is 5.75 Å². The van der Waals surface area contributed by atoms with Crippen molar-refractivity contribution in [3.05, 3.63) is 28.8 Å². The van der Waals surface area contributed by atoms with Gasteiger partial charge in [-0.15, -0.1) is 0 Å². The Kier molecular flexibility index (Phi) is 3.48. The first-order chi connectivity index (χ1) is 8.11. The summed E-state index contributed by atoms with van der Waals surface area (Å²) in [7, 11) is 1.62. The molecule has 0 spiro atoms. The third-order valence-electron chi connectivity index (χ3n) is 3.28. The zero-order valence-corrected chi connectivity index (χ0v) is 10.7. The van der Waals surface area contributed by atoms with E-state index in [9.17, 15) is 4.79 Å². The van der Waals surface area contributed by atoms with Gasteiger partial charge in [-0.05, 0) is 50.0 Å². The molecule has 0 atom stereocenters. The first kappa shape index (κ1) is 12.1. The molecule has 1 N–H and O–H groups in total. The van der Waals surface area contributed by atoms with Gasteiger partial charge >= 0.3 is 0 Å². The van der Waals surface area contributed by atoms with Crippen LogP contribution in [0.1, 0.15) is 27.9 Å². The van der Waals surface area contributed by atoms with Gasteiger partial charge < -0.3 is 10.1 Å². The maximum absolute atomic E-state index is 12.3. The largest absolute Gasteiger partial charge is 0.496 e. The fourth-order valence-corrected chi connectivity index (χ4v) is 2.30. The lowest BCUT2D eigenvalue weighted by Crippen LogP contribution is -2.43. The summed E-state index contributed by atoms with van der Waals surface area (Å²) in [5.74, 6) is 1.40. The lowest BCUT2D eigenvalue weighted by atomic mass is 9.91. The average molecular weight is 233 g/mol. The minimum Gasteiger partial charge on any atom is -0.496 e. The average Bonchev–Trinajstić information content (AvgIpc) is 2.21. The molecular formula is C14H19NO2. The predicted octanol–water partition coefficient (Wildman–Crippen LogP) is 2.10. The maximum atomic E-state index is 12.3. The van der Waals surface area contributed by atoms with Crippen molar-refractivity contribution in [2.45, 2.75) is 20.3 Å². The smallest absolute Gasteiger partial charge is 0.167 e. The van der Waals surface area contributed by atoms with Crippen LogP contribution in [-0.2, 0) is 0 Å². The molecule has 1 aromatic carbocycles. The number of aryl methyl sites for hydroxylation is 2. The van der Waals surface area contributed by atoms with Gasteiger partial charge in [0.15, 0.2) is 5.78 Å². The van der Waals surface area contributed by atoms with E-state index in [4.69, 9.17) is 4.74 Å². The third kappa shape index (κ3) is 2.50. The van der Waals surface area contributed by atoms with E-state index in [-0.39, 0.29) is 5.78 Å². The summed E-state index contributed by atoms with van der Waals surface area (Å²) in [6, 6.07) is 3.97. The summed E-state index contributed by atoms with van der Waals surface area (Å²) in [5.41, 5.74) is 2.89. The van der Waals surface area contributed by atoms with Crippen molar-refractivity contribution in [2.75, 3.05) is 20.2 Å². The van der Waals surface area contributed by atoms with E-state index < -0.39 is 0 Å². The number of carbonyl (C=O) groups is 1. The Bertz CT molecular complexity index is 436. The van der Waals surface area contributed by atoms with E-state index in [1.165, 1.54) is 0 Å². The molecule has 0 unspecified atom stereocenters. The van der Waals surface area contributed by atoms with Gasteiger partial charge in [-0.2, -0.15) is 0 Å². The van der Waals surface area contributed by atoms with Gasteiger partial charge in [0, 0.05) is 6.42 Å². The quantitative estimate of drug-likeness (QED) is 0.809. The molecule has 1 heterocycles. The predicted molar refractivity (Wildman–Crippen MR) is 67.8 cm³/mol. The van der Waals surface area contributed by atoms with Gasteiger partial charge in [-0.3, -0.25) is 4.79 Å². The van der Waals surface area contributed by atoms with Crippen LogP contribution in [0.2, 0.25) is 0 Å². The number of ketones is 1. The Morgan fingerprint density at radius 2 is 2.12 bits per heavy atom. The van der Waals surface area contributed by atoms with E-state index in [1.807, 2.05) is 26.0 Å². The highest BCUT2D eigenvalue weighted by molar-refractivity contribution is 6.00.